The molecule has 0 amide bonds. The minimum Gasteiger partial charge on any atom is -0.310 e. The van der Waals surface area contributed by atoms with E-state index in [1.54, 1.807) is 23.0 Å². The van der Waals surface area contributed by atoms with Crippen molar-refractivity contribution in [3.05, 3.63) is 47.5 Å². The molecule has 0 bridgehead atoms. The zero-order valence-electron chi connectivity index (χ0n) is 10.9. The molecule has 0 radical (unpaired) electrons. The molecule has 2 rings (SSSR count). The summed E-state index contributed by atoms with van der Waals surface area (Å²) in [4.78, 5) is 0. The van der Waals surface area contributed by atoms with Gasteiger partial charge in [0.15, 0.2) is 0 Å². The first-order chi connectivity index (χ1) is 8.61. The monoisotopic (exact) mass is 247 g/mol. The summed E-state index contributed by atoms with van der Waals surface area (Å²) >= 11 is 0. The van der Waals surface area contributed by atoms with Crippen molar-refractivity contribution in [1.29, 1.82) is 0 Å². The molecule has 0 saturated heterocycles. The maximum atomic E-state index is 14.1. The lowest BCUT2D eigenvalue weighted by Gasteiger charge is -2.13. The van der Waals surface area contributed by atoms with Crippen LogP contribution in [0.15, 0.2) is 30.6 Å². The number of nitrogens with one attached hydrogen (secondary N) is 1. The lowest BCUT2D eigenvalue weighted by molar-refractivity contribution is 0.577. The molecule has 96 valence electrons. The van der Waals surface area contributed by atoms with Gasteiger partial charge in [0.2, 0.25) is 0 Å². The number of benzene rings is 1. The van der Waals surface area contributed by atoms with Crippen LogP contribution in [0.4, 0.5) is 4.39 Å². The first kappa shape index (κ1) is 12.8. The van der Waals surface area contributed by atoms with Crippen LogP contribution in [0, 0.1) is 12.7 Å². The lowest BCUT2D eigenvalue weighted by Crippen LogP contribution is -2.18. The van der Waals surface area contributed by atoms with Crippen LogP contribution in [-0.4, -0.2) is 16.3 Å². The van der Waals surface area contributed by atoms with E-state index in [9.17, 15) is 4.39 Å². The molecule has 1 unspecified atom stereocenters. The van der Waals surface area contributed by atoms with Crippen LogP contribution < -0.4 is 5.32 Å². The minimum atomic E-state index is -0.250. The molecular formula is C14H18FN3. The summed E-state index contributed by atoms with van der Waals surface area (Å²) < 4.78 is 15.6. The zero-order chi connectivity index (χ0) is 13.1. The van der Waals surface area contributed by atoms with Gasteiger partial charge in [-0.25, -0.2) is 9.07 Å². The first-order valence-corrected chi connectivity index (χ1v) is 6.16. The second-order valence-electron chi connectivity index (χ2n) is 4.45. The van der Waals surface area contributed by atoms with Crippen LogP contribution in [0.3, 0.4) is 0 Å². The van der Waals surface area contributed by atoms with Gasteiger partial charge in [-0.2, -0.15) is 5.10 Å². The molecule has 1 aromatic heterocycles. The first-order valence-electron chi connectivity index (χ1n) is 6.16. The number of aryl methyl sites for hydroxylation is 1. The Morgan fingerprint density at radius 2 is 2.22 bits per heavy atom. The number of rotatable bonds is 4. The van der Waals surface area contributed by atoms with Crippen molar-refractivity contribution < 1.29 is 4.39 Å². The fraction of sp³-hybridized carbons (Fsp3) is 0.357. The highest BCUT2D eigenvalue weighted by Gasteiger charge is 2.10. The third-order valence-corrected chi connectivity index (χ3v) is 2.94. The molecular weight excluding hydrogens is 229 g/mol. The summed E-state index contributed by atoms with van der Waals surface area (Å²) in [6.07, 6.45) is 3.53. The molecule has 1 atom stereocenters. The van der Waals surface area contributed by atoms with Crippen LogP contribution in [-0.2, 0) is 0 Å². The topological polar surface area (TPSA) is 29.9 Å². The van der Waals surface area contributed by atoms with Gasteiger partial charge in [0.25, 0.3) is 0 Å². The molecule has 2 aromatic rings. The molecule has 3 nitrogen and oxygen atoms in total. The Morgan fingerprint density at radius 3 is 2.78 bits per heavy atom. The number of hydrogen-bond donors (Lipinski definition) is 1. The van der Waals surface area contributed by atoms with Crippen molar-refractivity contribution in [2.45, 2.75) is 26.8 Å². The Morgan fingerprint density at radius 1 is 1.44 bits per heavy atom. The summed E-state index contributed by atoms with van der Waals surface area (Å²) in [5, 5.41) is 7.38. The predicted molar refractivity (Wildman–Crippen MR) is 70.4 cm³/mol. The van der Waals surface area contributed by atoms with Gasteiger partial charge in [0, 0.05) is 12.2 Å². The summed E-state index contributed by atoms with van der Waals surface area (Å²) in [6, 6.07) is 5.42. The van der Waals surface area contributed by atoms with Gasteiger partial charge in [0.1, 0.15) is 11.5 Å². The smallest absolute Gasteiger partial charge is 0.149 e. The Bertz CT molecular complexity index is 534. The molecule has 1 heterocycles. The molecule has 0 aliphatic carbocycles. The highest BCUT2D eigenvalue weighted by molar-refractivity contribution is 5.37. The van der Waals surface area contributed by atoms with E-state index < -0.39 is 0 Å². The van der Waals surface area contributed by atoms with E-state index in [4.69, 9.17) is 0 Å². The Hall–Kier alpha value is -1.68. The van der Waals surface area contributed by atoms with E-state index in [0.717, 1.165) is 17.7 Å². The van der Waals surface area contributed by atoms with E-state index >= 15 is 0 Å². The van der Waals surface area contributed by atoms with Gasteiger partial charge in [-0.05, 0) is 43.7 Å². The molecule has 0 saturated carbocycles. The Kier molecular flexibility index (Phi) is 3.77. The van der Waals surface area contributed by atoms with Crippen LogP contribution in [0.2, 0.25) is 0 Å². The summed E-state index contributed by atoms with van der Waals surface area (Å²) in [7, 11) is 0. The second-order valence-corrected chi connectivity index (χ2v) is 4.45. The summed E-state index contributed by atoms with van der Waals surface area (Å²) in [5.41, 5.74) is 2.44. The van der Waals surface area contributed by atoms with E-state index in [-0.39, 0.29) is 11.9 Å². The summed E-state index contributed by atoms with van der Waals surface area (Å²) in [5.74, 6) is -0.250. The van der Waals surface area contributed by atoms with Crippen molar-refractivity contribution >= 4 is 0 Å². The molecule has 0 aliphatic rings. The minimum absolute atomic E-state index is 0.151. The van der Waals surface area contributed by atoms with E-state index in [1.165, 1.54) is 0 Å². The van der Waals surface area contributed by atoms with Crippen LogP contribution in [0.25, 0.3) is 5.69 Å². The average molecular weight is 247 g/mol. The average Bonchev–Trinajstić information content (AvgIpc) is 2.76. The van der Waals surface area contributed by atoms with Gasteiger partial charge in [-0.3, -0.25) is 0 Å². The molecule has 4 heteroatoms. The quantitative estimate of drug-likeness (QED) is 0.900. The van der Waals surface area contributed by atoms with Gasteiger partial charge in [-0.1, -0.05) is 13.0 Å². The maximum absolute atomic E-state index is 14.1. The SMILES string of the molecule is CCNC(C)c1ccc(-n2cc(C)cn2)c(F)c1. The fourth-order valence-electron chi connectivity index (χ4n) is 1.95. The van der Waals surface area contributed by atoms with Crippen LogP contribution in [0.5, 0.6) is 0 Å². The normalized spacial score (nSPS) is 12.7. The maximum Gasteiger partial charge on any atom is 0.149 e. The molecule has 0 spiro atoms. The highest BCUT2D eigenvalue weighted by Crippen LogP contribution is 2.19. The van der Waals surface area contributed by atoms with Gasteiger partial charge in [0.05, 0.1) is 6.20 Å². The summed E-state index contributed by atoms with van der Waals surface area (Å²) in [6.45, 7) is 6.86. The lowest BCUT2D eigenvalue weighted by atomic mass is 10.1. The zero-order valence-corrected chi connectivity index (χ0v) is 10.9. The van der Waals surface area contributed by atoms with Crippen LogP contribution >= 0.6 is 0 Å². The van der Waals surface area contributed by atoms with Crippen LogP contribution in [0.1, 0.15) is 31.0 Å². The van der Waals surface area contributed by atoms with Crippen molar-refractivity contribution in [2.75, 3.05) is 6.54 Å². The second kappa shape index (κ2) is 5.31. The third-order valence-electron chi connectivity index (χ3n) is 2.94. The number of hydrogen-bond acceptors (Lipinski definition) is 2. The molecule has 0 aliphatic heterocycles. The predicted octanol–water partition coefficient (Wildman–Crippen LogP) is 2.99. The standard InChI is InChI=1S/C14H18FN3/c1-4-16-11(3)12-5-6-14(13(15)7-12)18-9-10(2)8-17-18/h5-9,11,16H,4H2,1-3H3. The molecule has 1 aromatic carbocycles. The molecule has 18 heavy (non-hydrogen) atoms. The molecule has 1 N–H and O–H groups in total. The number of aromatic nitrogens is 2. The van der Waals surface area contributed by atoms with Crippen molar-refractivity contribution in [2.24, 2.45) is 0 Å². The Balaban J connectivity index is 2.30. The van der Waals surface area contributed by atoms with E-state index in [1.807, 2.05) is 33.0 Å². The van der Waals surface area contributed by atoms with E-state index in [2.05, 4.69) is 10.4 Å². The highest BCUT2D eigenvalue weighted by atomic mass is 19.1. The van der Waals surface area contributed by atoms with E-state index in [0.29, 0.717) is 5.69 Å². The number of halogens is 1. The Labute approximate surface area is 107 Å². The van der Waals surface area contributed by atoms with Crippen molar-refractivity contribution in [1.82, 2.24) is 15.1 Å². The third kappa shape index (κ3) is 2.59. The van der Waals surface area contributed by atoms with Gasteiger partial charge < -0.3 is 5.32 Å². The van der Waals surface area contributed by atoms with Gasteiger partial charge in [-0.15, -0.1) is 0 Å². The largest absolute Gasteiger partial charge is 0.310 e. The fourth-order valence-corrected chi connectivity index (χ4v) is 1.95. The van der Waals surface area contributed by atoms with Crippen molar-refractivity contribution in [3.8, 4) is 5.69 Å². The van der Waals surface area contributed by atoms with Gasteiger partial charge >= 0.3 is 0 Å². The number of nitrogens with zero attached hydrogens (tertiary/aromatic N) is 2. The van der Waals surface area contributed by atoms with Crippen molar-refractivity contribution in [3.63, 3.8) is 0 Å². The molecule has 0 fully saturated rings.